The van der Waals surface area contributed by atoms with Gasteiger partial charge in [0.1, 0.15) is 6.04 Å². The van der Waals surface area contributed by atoms with E-state index in [2.05, 4.69) is 15.4 Å². The van der Waals surface area contributed by atoms with Gasteiger partial charge in [0.05, 0.1) is 7.11 Å². The summed E-state index contributed by atoms with van der Waals surface area (Å²) >= 11 is 0. The first kappa shape index (κ1) is 22.9. The third kappa shape index (κ3) is 13.0. The highest BCUT2D eigenvalue weighted by atomic mass is 16.5. The first-order valence-corrected chi connectivity index (χ1v) is 7.47. The lowest BCUT2D eigenvalue weighted by Gasteiger charge is -2.15. The van der Waals surface area contributed by atoms with Gasteiger partial charge in [0, 0.05) is 27.3 Å². The Hall–Kier alpha value is -2.37. The molecule has 0 radical (unpaired) electrons. The van der Waals surface area contributed by atoms with E-state index in [4.69, 9.17) is 0 Å². The fourth-order valence-electron chi connectivity index (χ4n) is 1.43. The Labute approximate surface area is 138 Å². The molecule has 6 nitrogen and oxygen atoms in total. The van der Waals surface area contributed by atoms with Crippen molar-refractivity contribution < 1.29 is 19.1 Å². The monoisotopic (exact) mass is 324 g/mol. The molecule has 0 aromatic heterocycles. The van der Waals surface area contributed by atoms with Gasteiger partial charge in [-0.2, -0.15) is 0 Å². The van der Waals surface area contributed by atoms with Crippen LogP contribution in [0.5, 0.6) is 0 Å². The molecule has 0 heterocycles. The molecule has 2 N–H and O–H groups in total. The van der Waals surface area contributed by atoms with Gasteiger partial charge < -0.3 is 15.4 Å². The van der Waals surface area contributed by atoms with Crippen LogP contribution in [-0.4, -0.2) is 38.0 Å². The Morgan fingerprint density at radius 1 is 1.04 bits per heavy atom. The first-order valence-electron chi connectivity index (χ1n) is 7.47. The average Bonchev–Trinajstić information content (AvgIpc) is 2.56. The second-order valence-electron chi connectivity index (χ2n) is 4.27. The normalized spacial score (nSPS) is 9.83. The van der Waals surface area contributed by atoms with Gasteiger partial charge >= 0.3 is 5.97 Å². The fraction of sp³-hybridized carbons (Fsp3) is 0.471. The summed E-state index contributed by atoms with van der Waals surface area (Å²) in [5.74, 6) is -0.671. The zero-order valence-corrected chi connectivity index (χ0v) is 14.8. The van der Waals surface area contributed by atoms with Crippen LogP contribution in [0.3, 0.4) is 0 Å². The molecular formula is C17H28N2O4. The van der Waals surface area contributed by atoms with Crippen molar-refractivity contribution in [1.29, 1.82) is 0 Å². The van der Waals surface area contributed by atoms with E-state index in [9.17, 15) is 14.4 Å². The number of carbonyl (C=O) groups excluding carboxylic acids is 3. The molecule has 0 aliphatic rings. The van der Waals surface area contributed by atoms with E-state index in [1.165, 1.54) is 21.0 Å². The van der Waals surface area contributed by atoms with Crippen LogP contribution in [0.25, 0.3) is 0 Å². The highest BCUT2D eigenvalue weighted by Gasteiger charge is 2.20. The molecule has 130 valence electrons. The van der Waals surface area contributed by atoms with Gasteiger partial charge in [-0.1, -0.05) is 44.2 Å². The molecule has 1 aromatic carbocycles. The molecule has 0 saturated heterocycles. The molecule has 1 aromatic rings. The number of nitrogens with one attached hydrogen (secondary N) is 2. The second kappa shape index (κ2) is 14.6. The zero-order valence-electron chi connectivity index (χ0n) is 14.8. The molecule has 0 aliphatic heterocycles. The summed E-state index contributed by atoms with van der Waals surface area (Å²) in [4.78, 5) is 32.1. The van der Waals surface area contributed by atoms with Crippen molar-refractivity contribution in [2.75, 3.05) is 14.2 Å². The molecule has 1 unspecified atom stereocenters. The standard InChI is InChI=1S/C12H15NO3.C3H7NO.C2H6/c1-9(14)13-11(12(15)16-2)8-10-6-4-3-5-7-10;1-3(5)4-2;1-2/h3-7,11H,8H2,1-2H3,(H,13,14);1-2H3,(H,4,5);1-2H3. The second-order valence-corrected chi connectivity index (χ2v) is 4.27. The van der Waals surface area contributed by atoms with Crippen LogP contribution < -0.4 is 10.6 Å². The number of esters is 1. The molecule has 0 spiro atoms. The molecular weight excluding hydrogens is 296 g/mol. The highest BCUT2D eigenvalue weighted by Crippen LogP contribution is 2.04. The van der Waals surface area contributed by atoms with Crippen molar-refractivity contribution >= 4 is 17.8 Å². The molecule has 0 bridgehead atoms. The van der Waals surface area contributed by atoms with Crippen LogP contribution in [-0.2, 0) is 25.5 Å². The summed E-state index contributed by atoms with van der Waals surface area (Å²) < 4.78 is 4.63. The molecule has 1 rings (SSSR count). The predicted octanol–water partition coefficient (Wildman–Crippen LogP) is 1.69. The molecule has 6 heteroatoms. The highest BCUT2D eigenvalue weighted by molar-refractivity contribution is 5.83. The van der Waals surface area contributed by atoms with Gasteiger partial charge in [0.15, 0.2) is 0 Å². The third-order valence-electron chi connectivity index (χ3n) is 2.50. The van der Waals surface area contributed by atoms with Gasteiger partial charge in [-0.05, 0) is 5.56 Å². The SMILES string of the molecule is CC.CNC(C)=O.COC(=O)C(Cc1ccccc1)NC(C)=O. The molecule has 0 fully saturated rings. The van der Waals surface area contributed by atoms with Crippen molar-refractivity contribution in [2.24, 2.45) is 0 Å². The van der Waals surface area contributed by atoms with Crippen molar-refractivity contribution in [2.45, 2.75) is 40.2 Å². The average molecular weight is 324 g/mol. The maximum Gasteiger partial charge on any atom is 0.328 e. The molecule has 2 amide bonds. The van der Waals surface area contributed by atoms with Crippen molar-refractivity contribution in [3.05, 3.63) is 35.9 Å². The lowest BCUT2D eigenvalue weighted by atomic mass is 10.1. The summed E-state index contributed by atoms with van der Waals surface area (Å²) in [7, 11) is 2.91. The lowest BCUT2D eigenvalue weighted by molar-refractivity contribution is -0.144. The molecule has 0 aliphatic carbocycles. The Morgan fingerprint density at radius 3 is 1.87 bits per heavy atom. The predicted molar refractivity (Wildman–Crippen MR) is 90.9 cm³/mol. The molecule has 1 atom stereocenters. The van der Waals surface area contributed by atoms with Crippen LogP contribution in [0.1, 0.15) is 33.3 Å². The van der Waals surface area contributed by atoms with E-state index in [-0.39, 0.29) is 11.8 Å². The Bertz CT molecular complexity index is 461. The minimum atomic E-state index is -0.620. The van der Waals surface area contributed by atoms with Gasteiger partial charge in [0.2, 0.25) is 11.8 Å². The van der Waals surface area contributed by atoms with Crippen LogP contribution in [0, 0.1) is 0 Å². The topological polar surface area (TPSA) is 84.5 Å². The number of methoxy groups -OCH3 is 1. The number of hydrogen-bond donors (Lipinski definition) is 2. The van der Waals surface area contributed by atoms with Crippen LogP contribution in [0.2, 0.25) is 0 Å². The quantitative estimate of drug-likeness (QED) is 0.825. The van der Waals surface area contributed by atoms with Crippen LogP contribution in [0.15, 0.2) is 30.3 Å². The Morgan fingerprint density at radius 2 is 1.52 bits per heavy atom. The smallest absolute Gasteiger partial charge is 0.328 e. The molecule has 23 heavy (non-hydrogen) atoms. The summed E-state index contributed by atoms with van der Waals surface area (Å²) in [5, 5.41) is 4.95. The summed E-state index contributed by atoms with van der Waals surface area (Å²) in [6.07, 6.45) is 0.438. The summed E-state index contributed by atoms with van der Waals surface area (Å²) in [6.45, 7) is 6.85. The van der Waals surface area contributed by atoms with Gasteiger partial charge in [0.25, 0.3) is 0 Å². The minimum Gasteiger partial charge on any atom is -0.467 e. The number of benzene rings is 1. The van der Waals surface area contributed by atoms with E-state index in [0.717, 1.165) is 5.56 Å². The largest absolute Gasteiger partial charge is 0.467 e. The first-order chi connectivity index (χ1) is 10.9. The maximum atomic E-state index is 11.4. The van der Waals surface area contributed by atoms with E-state index in [0.29, 0.717) is 6.42 Å². The Kier molecular flexibility index (Phi) is 14.5. The number of ether oxygens (including phenoxy) is 1. The maximum absolute atomic E-state index is 11.4. The molecule has 0 saturated carbocycles. The lowest BCUT2D eigenvalue weighted by Crippen LogP contribution is -2.41. The van der Waals surface area contributed by atoms with Crippen molar-refractivity contribution in [3.8, 4) is 0 Å². The van der Waals surface area contributed by atoms with Crippen molar-refractivity contribution in [3.63, 3.8) is 0 Å². The fourth-order valence-corrected chi connectivity index (χ4v) is 1.43. The summed E-state index contributed by atoms with van der Waals surface area (Å²) in [5.41, 5.74) is 0.978. The van der Waals surface area contributed by atoms with Crippen LogP contribution >= 0.6 is 0 Å². The van der Waals surface area contributed by atoms with Crippen molar-refractivity contribution in [1.82, 2.24) is 10.6 Å². The van der Waals surface area contributed by atoms with E-state index in [1.807, 2.05) is 44.2 Å². The van der Waals surface area contributed by atoms with E-state index >= 15 is 0 Å². The third-order valence-corrected chi connectivity index (χ3v) is 2.50. The number of rotatable bonds is 4. The minimum absolute atomic E-state index is 0.00463. The zero-order chi connectivity index (χ0) is 18.3. The van der Waals surface area contributed by atoms with Gasteiger partial charge in [-0.15, -0.1) is 0 Å². The van der Waals surface area contributed by atoms with Gasteiger partial charge in [-0.3, -0.25) is 9.59 Å². The van der Waals surface area contributed by atoms with Crippen LogP contribution in [0.4, 0.5) is 0 Å². The Balaban J connectivity index is 0. The number of carbonyl (C=O) groups is 3. The summed E-state index contributed by atoms with van der Waals surface area (Å²) in [6, 6.07) is 8.85. The van der Waals surface area contributed by atoms with E-state index in [1.54, 1.807) is 7.05 Å². The number of hydrogen-bond acceptors (Lipinski definition) is 4. The number of amides is 2. The van der Waals surface area contributed by atoms with Gasteiger partial charge in [-0.25, -0.2) is 4.79 Å². The van der Waals surface area contributed by atoms with E-state index < -0.39 is 12.0 Å².